The van der Waals surface area contributed by atoms with E-state index in [1.807, 2.05) is 35.9 Å². The van der Waals surface area contributed by atoms with E-state index in [4.69, 9.17) is 15.0 Å². The van der Waals surface area contributed by atoms with Crippen LogP contribution in [-0.2, 0) is 0 Å². The summed E-state index contributed by atoms with van der Waals surface area (Å²) in [5, 5.41) is 8.54. The van der Waals surface area contributed by atoms with Crippen molar-refractivity contribution in [3.05, 3.63) is 210 Å². The molecule has 4 aromatic heterocycles. The molecule has 4 aliphatic rings. The van der Waals surface area contributed by atoms with Crippen molar-refractivity contribution in [3.63, 3.8) is 0 Å². The first kappa shape index (κ1) is 31.2. The first-order valence-corrected chi connectivity index (χ1v) is 20.4. The van der Waals surface area contributed by atoms with Gasteiger partial charge in [-0.3, -0.25) is 9.97 Å². The summed E-state index contributed by atoms with van der Waals surface area (Å²) < 4.78 is 2.64. The molecule has 0 spiro atoms. The van der Waals surface area contributed by atoms with E-state index in [1.165, 1.54) is 80.9 Å². The number of aromatic nitrogens is 3. The summed E-state index contributed by atoms with van der Waals surface area (Å²) in [6.07, 6.45) is 22.5. The van der Waals surface area contributed by atoms with Crippen LogP contribution in [0.4, 0.5) is 0 Å². The topological polar surface area (TPSA) is 38.7 Å². The van der Waals surface area contributed by atoms with E-state index in [1.54, 1.807) is 0 Å². The Morgan fingerprint density at radius 1 is 0.526 bits per heavy atom. The van der Waals surface area contributed by atoms with Crippen molar-refractivity contribution in [2.75, 3.05) is 0 Å². The lowest BCUT2D eigenvalue weighted by atomic mass is 9.61. The van der Waals surface area contributed by atoms with Crippen LogP contribution in [0.15, 0.2) is 199 Å². The van der Waals surface area contributed by atoms with E-state index < -0.39 is 0 Å². The van der Waals surface area contributed by atoms with Gasteiger partial charge in [0.2, 0.25) is 0 Å². The zero-order chi connectivity index (χ0) is 37.2. The quantitative estimate of drug-likeness (QED) is 0.169. The number of para-hydroxylation sites is 1. The molecule has 264 valence electrons. The molecule has 0 fully saturated rings. The Morgan fingerprint density at radius 2 is 1.30 bits per heavy atom. The molecule has 4 aliphatic carbocycles. The van der Waals surface area contributed by atoms with Crippen molar-refractivity contribution in [2.24, 2.45) is 11.8 Å². The van der Waals surface area contributed by atoms with Crippen molar-refractivity contribution in [1.82, 2.24) is 15.0 Å². The van der Waals surface area contributed by atoms with Crippen molar-refractivity contribution in [3.8, 4) is 11.3 Å². The average molecular weight is 742 g/mol. The Kier molecular flexibility index (Phi) is 6.44. The molecular weight excluding hydrogens is 711 g/mol. The Morgan fingerprint density at radius 3 is 2.26 bits per heavy atom. The van der Waals surface area contributed by atoms with Gasteiger partial charge in [0, 0.05) is 76.9 Å². The fourth-order valence-corrected chi connectivity index (χ4v) is 11.3. The van der Waals surface area contributed by atoms with Crippen molar-refractivity contribution in [2.45, 2.75) is 0 Å². The van der Waals surface area contributed by atoms with Gasteiger partial charge in [-0.15, -0.1) is 11.3 Å². The van der Waals surface area contributed by atoms with E-state index in [0.29, 0.717) is 0 Å². The summed E-state index contributed by atoms with van der Waals surface area (Å²) in [5.41, 5.74) is 15.5. The lowest BCUT2D eigenvalue weighted by Crippen LogP contribution is -2.30. The van der Waals surface area contributed by atoms with Crippen LogP contribution >= 0.6 is 11.3 Å². The molecule has 0 bridgehead atoms. The first-order valence-electron chi connectivity index (χ1n) is 19.6. The third-order valence-corrected chi connectivity index (χ3v) is 13.7. The maximum atomic E-state index is 5.38. The molecule has 0 amide bonds. The molecule has 2 atom stereocenters. The molecule has 0 saturated carbocycles. The minimum Gasteiger partial charge on any atom is -0.254 e. The normalized spacial score (nSPS) is 18.4. The number of hydrogen-bond donors (Lipinski definition) is 0. The third kappa shape index (κ3) is 4.45. The van der Waals surface area contributed by atoms with Gasteiger partial charge in [-0.2, -0.15) is 0 Å². The molecule has 0 saturated heterocycles. The Bertz CT molecular complexity index is 3530. The molecule has 57 heavy (non-hydrogen) atoms. The largest absolute Gasteiger partial charge is 0.254 e. The monoisotopic (exact) mass is 741 g/mol. The Hall–Kier alpha value is -7.01. The second-order valence-corrected chi connectivity index (χ2v) is 16.5. The summed E-state index contributed by atoms with van der Waals surface area (Å²) in [6, 6.07) is 41.7. The van der Waals surface area contributed by atoms with Crippen LogP contribution in [0.1, 0.15) is 11.1 Å². The molecular formula is C53H31N3S. The Labute approximate surface area is 332 Å². The van der Waals surface area contributed by atoms with E-state index in [9.17, 15) is 0 Å². The van der Waals surface area contributed by atoms with Crippen LogP contribution in [-0.4, -0.2) is 15.0 Å². The predicted molar refractivity (Wildman–Crippen MR) is 239 cm³/mol. The number of rotatable bonds is 3. The predicted octanol–water partition coefficient (Wildman–Crippen LogP) is 13.5. The van der Waals surface area contributed by atoms with Crippen LogP contribution < -0.4 is 0 Å². The van der Waals surface area contributed by atoms with Crippen LogP contribution in [0.2, 0.25) is 0 Å². The summed E-state index contributed by atoms with van der Waals surface area (Å²) in [5.74, 6) is 0.445. The van der Waals surface area contributed by atoms with Crippen LogP contribution in [0, 0.1) is 11.8 Å². The highest BCUT2D eigenvalue weighted by molar-refractivity contribution is 7.26. The number of benzene rings is 5. The lowest BCUT2D eigenvalue weighted by molar-refractivity contribution is 0.569. The number of allylic oxidation sites excluding steroid dienone is 14. The van der Waals surface area contributed by atoms with Gasteiger partial charge in [-0.1, -0.05) is 127 Å². The second kappa shape index (κ2) is 11.8. The summed E-state index contributed by atoms with van der Waals surface area (Å²) in [4.78, 5) is 14.9. The van der Waals surface area contributed by atoms with Crippen LogP contribution in [0.3, 0.4) is 0 Å². The second-order valence-electron chi connectivity index (χ2n) is 15.4. The van der Waals surface area contributed by atoms with Gasteiger partial charge < -0.3 is 0 Å². The smallest absolute Gasteiger partial charge is 0.0970 e. The highest BCUT2D eigenvalue weighted by atomic mass is 32.1. The van der Waals surface area contributed by atoms with Gasteiger partial charge in [0.05, 0.1) is 22.2 Å². The SMILES string of the molecule is C1=CC2=C(c3cccc(-c4nc5ccccc5c5c4ccc4c6ccccc6sc45)c3)C=CC3=CC=C4C(c5cc6cccnc6c6ncccc56)=CC=C1C4C32. The lowest BCUT2D eigenvalue weighted by Gasteiger charge is -2.42. The minimum absolute atomic E-state index is 0.222. The molecule has 9 aromatic rings. The average Bonchev–Trinajstić information content (AvgIpc) is 3.66. The van der Waals surface area contributed by atoms with Gasteiger partial charge in [-0.05, 0) is 81.0 Å². The van der Waals surface area contributed by atoms with E-state index in [0.717, 1.165) is 38.6 Å². The number of nitrogens with zero attached hydrogens (tertiary/aromatic N) is 3. The molecule has 0 radical (unpaired) electrons. The maximum Gasteiger partial charge on any atom is 0.0970 e. The first-order chi connectivity index (χ1) is 28.3. The minimum atomic E-state index is 0.222. The van der Waals surface area contributed by atoms with Crippen molar-refractivity contribution in [1.29, 1.82) is 0 Å². The van der Waals surface area contributed by atoms with Gasteiger partial charge >= 0.3 is 0 Å². The van der Waals surface area contributed by atoms with E-state index in [-0.39, 0.29) is 11.8 Å². The van der Waals surface area contributed by atoms with Gasteiger partial charge in [0.15, 0.2) is 0 Å². The van der Waals surface area contributed by atoms with E-state index in [2.05, 4.69) is 152 Å². The van der Waals surface area contributed by atoms with E-state index >= 15 is 0 Å². The maximum absolute atomic E-state index is 5.38. The van der Waals surface area contributed by atoms with Crippen LogP contribution in [0.5, 0.6) is 0 Å². The Balaban J connectivity index is 0.956. The zero-order valence-electron chi connectivity index (χ0n) is 30.6. The summed E-state index contributed by atoms with van der Waals surface area (Å²) in [7, 11) is 0. The standard InChI is InChI=1S/C53H31N3S/c1-3-14-45-42(12-1)49-43(25-24-41-37-11-2-4-15-46(37)57-53(41)49)50(56-45)33-9-5-8-32(28-33)35-20-16-30-19-23-39-36(21-17-31-18-22-38(35)47(30)48(31)39)44-29-34-10-6-26-54-51(34)52-40(44)13-7-27-55-52/h1-29,47-48H. The molecule has 13 rings (SSSR count). The zero-order valence-corrected chi connectivity index (χ0v) is 31.5. The third-order valence-electron chi connectivity index (χ3n) is 12.5. The van der Waals surface area contributed by atoms with Gasteiger partial charge in [0.25, 0.3) is 0 Å². The summed E-state index contributed by atoms with van der Waals surface area (Å²) in [6.45, 7) is 0. The molecule has 0 N–H and O–H groups in total. The molecule has 0 aliphatic heterocycles. The molecule has 4 heteroatoms. The van der Waals surface area contributed by atoms with Crippen molar-refractivity contribution >= 4 is 86.1 Å². The van der Waals surface area contributed by atoms with Gasteiger partial charge in [0.1, 0.15) is 0 Å². The highest BCUT2D eigenvalue weighted by Gasteiger charge is 2.41. The number of pyridine rings is 3. The number of fused-ring (bicyclic) bond motifs is 10. The molecule has 2 unspecified atom stereocenters. The molecule has 5 aromatic carbocycles. The number of thiophene rings is 1. The molecule has 3 nitrogen and oxygen atoms in total. The van der Waals surface area contributed by atoms with Gasteiger partial charge in [-0.25, -0.2) is 4.98 Å². The number of hydrogen-bond acceptors (Lipinski definition) is 4. The summed E-state index contributed by atoms with van der Waals surface area (Å²) >= 11 is 1.89. The fourth-order valence-electron chi connectivity index (χ4n) is 10.1. The molecule has 4 heterocycles. The highest BCUT2D eigenvalue weighted by Crippen LogP contribution is 2.54. The van der Waals surface area contributed by atoms with Crippen molar-refractivity contribution < 1.29 is 0 Å². The fraction of sp³-hybridized carbons (Fsp3) is 0.0377. The van der Waals surface area contributed by atoms with Crippen LogP contribution in [0.25, 0.3) is 86.1 Å².